The van der Waals surface area contributed by atoms with Crippen LogP contribution in [0, 0.1) is 0 Å². The van der Waals surface area contributed by atoms with Gasteiger partial charge in [0.25, 0.3) is 5.91 Å². The first-order valence-electron chi connectivity index (χ1n) is 7.33. The van der Waals surface area contributed by atoms with Crippen LogP contribution in [-0.2, 0) is 0 Å². The lowest BCUT2D eigenvalue weighted by molar-refractivity contribution is 0.0763. The zero-order valence-electron chi connectivity index (χ0n) is 11.9. The van der Waals surface area contributed by atoms with Gasteiger partial charge in [-0.3, -0.25) is 4.79 Å². The number of rotatable bonds is 3. The highest BCUT2D eigenvalue weighted by Gasteiger charge is 2.22. The van der Waals surface area contributed by atoms with E-state index in [-0.39, 0.29) is 5.91 Å². The number of para-hydroxylation sites is 1. The Morgan fingerprint density at radius 3 is 2.90 bits per heavy atom. The molecule has 1 aliphatic rings. The molecule has 2 heterocycles. The maximum absolute atomic E-state index is 12.7. The van der Waals surface area contributed by atoms with Crippen molar-refractivity contribution in [3.05, 3.63) is 36.1 Å². The minimum absolute atomic E-state index is 0.0839. The van der Waals surface area contributed by atoms with Gasteiger partial charge in [-0.25, -0.2) is 0 Å². The fourth-order valence-corrected chi connectivity index (χ4v) is 3.33. The van der Waals surface area contributed by atoms with Crippen LogP contribution in [0.4, 0.5) is 0 Å². The van der Waals surface area contributed by atoms with Crippen molar-refractivity contribution in [3.8, 4) is 0 Å². The van der Waals surface area contributed by atoms with Crippen molar-refractivity contribution >= 4 is 32.8 Å². The quantitative estimate of drug-likeness (QED) is 0.798. The second kappa shape index (κ2) is 6.62. The maximum atomic E-state index is 12.7. The van der Waals surface area contributed by atoms with Gasteiger partial charge in [-0.05, 0) is 19.0 Å². The second-order valence-electron chi connectivity index (χ2n) is 5.32. The standard InChI is InChI=1S/C16H19BrN2O2/c17-6-9-18-7-3-8-19(11-10-18)16(20)14-12-21-15-5-2-1-4-13(14)15/h1-2,4-5,12H,3,6-11H2. The van der Waals surface area contributed by atoms with Crippen molar-refractivity contribution in [2.24, 2.45) is 0 Å². The second-order valence-corrected chi connectivity index (χ2v) is 6.11. The molecule has 0 saturated carbocycles. The largest absolute Gasteiger partial charge is 0.463 e. The summed E-state index contributed by atoms with van der Waals surface area (Å²) in [6, 6.07) is 7.70. The first-order valence-corrected chi connectivity index (χ1v) is 8.45. The Bertz CT molecular complexity index is 626. The summed E-state index contributed by atoms with van der Waals surface area (Å²) in [6.07, 6.45) is 2.61. The van der Waals surface area contributed by atoms with Crippen LogP contribution in [0.25, 0.3) is 11.0 Å². The maximum Gasteiger partial charge on any atom is 0.257 e. The number of alkyl halides is 1. The molecular formula is C16H19BrN2O2. The van der Waals surface area contributed by atoms with Gasteiger partial charge < -0.3 is 14.2 Å². The fraction of sp³-hybridized carbons (Fsp3) is 0.438. The zero-order chi connectivity index (χ0) is 14.7. The number of furan rings is 1. The van der Waals surface area contributed by atoms with E-state index in [9.17, 15) is 4.79 Å². The van der Waals surface area contributed by atoms with Gasteiger partial charge in [0.15, 0.2) is 0 Å². The summed E-state index contributed by atoms with van der Waals surface area (Å²) in [5.41, 5.74) is 1.45. The molecule has 112 valence electrons. The van der Waals surface area contributed by atoms with Crippen molar-refractivity contribution in [3.63, 3.8) is 0 Å². The monoisotopic (exact) mass is 350 g/mol. The molecule has 2 aromatic rings. The van der Waals surface area contributed by atoms with E-state index in [1.54, 1.807) is 6.26 Å². The third-order valence-corrected chi connectivity index (χ3v) is 4.34. The molecule has 0 radical (unpaired) electrons. The van der Waals surface area contributed by atoms with Crippen LogP contribution in [0.3, 0.4) is 0 Å². The summed E-state index contributed by atoms with van der Waals surface area (Å²) in [7, 11) is 0. The molecule has 4 nitrogen and oxygen atoms in total. The smallest absolute Gasteiger partial charge is 0.257 e. The number of fused-ring (bicyclic) bond motifs is 1. The van der Waals surface area contributed by atoms with Gasteiger partial charge in [0, 0.05) is 36.9 Å². The number of hydrogen-bond acceptors (Lipinski definition) is 3. The highest BCUT2D eigenvalue weighted by molar-refractivity contribution is 9.09. The molecule has 1 fully saturated rings. The van der Waals surface area contributed by atoms with Crippen LogP contribution >= 0.6 is 15.9 Å². The molecule has 1 amide bonds. The van der Waals surface area contributed by atoms with Gasteiger partial charge in [-0.1, -0.05) is 34.1 Å². The molecular weight excluding hydrogens is 332 g/mol. The Balaban J connectivity index is 1.76. The average Bonchev–Trinajstić information content (AvgIpc) is 2.80. The van der Waals surface area contributed by atoms with Crippen LogP contribution in [0.15, 0.2) is 34.9 Å². The predicted octanol–water partition coefficient (Wildman–Crippen LogP) is 2.98. The number of carbonyl (C=O) groups excluding carboxylic acids is 1. The van der Waals surface area contributed by atoms with Crippen LogP contribution < -0.4 is 0 Å². The van der Waals surface area contributed by atoms with Gasteiger partial charge >= 0.3 is 0 Å². The highest BCUT2D eigenvalue weighted by Crippen LogP contribution is 2.22. The average molecular weight is 351 g/mol. The third-order valence-electron chi connectivity index (χ3n) is 3.99. The molecule has 1 aromatic carbocycles. The molecule has 0 N–H and O–H groups in total. The van der Waals surface area contributed by atoms with E-state index in [1.807, 2.05) is 29.2 Å². The first-order chi connectivity index (χ1) is 10.3. The predicted molar refractivity (Wildman–Crippen MR) is 87.0 cm³/mol. The molecule has 1 aromatic heterocycles. The lowest BCUT2D eigenvalue weighted by Crippen LogP contribution is -2.35. The molecule has 0 unspecified atom stereocenters. The minimum Gasteiger partial charge on any atom is -0.463 e. The number of halogens is 1. The van der Waals surface area contributed by atoms with E-state index in [4.69, 9.17) is 4.42 Å². The molecule has 0 aliphatic carbocycles. The number of nitrogens with zero attached hydrogens (tertiary/aromatic N) is 2. The number of amides is 1. The summed E-state index contributed by atoms with van der Waals surface area (Å²) in [4.78, 5) is 17.1. The molecule has 0 atom stereocenters. The molecule has 21 heavy (non-hydrogen) atoms. The summed E-state index contributed by atoms with van der Waals surface area (Å²) in [5.74, 6) is 0.0839. The Hall–Kier alpha value is -1.33. The van der Waals surface area contributed by atoms with Crippen molar-refractivity contribution in [2.45, 2.75) is 6.42 Å². The van der Waals surface area contributed by atoms with E-state index in [1.165, 1.54) is 0 Å². The first kappa shape index (κ1) is 14.6. The van der Waals surface area contributed by atoms with Crippen LogP contribution in [0.2, 0.25) is 0 Å². The van der Waals surface area contributed by atoms with Gasteiger partial charge in [0.05, 0.1) is 5.56 Å². The summed E-state index contributed by atoms with van der Waals surface area (Å²) >= 11 is 3.48. The van der Waals surface area contributed by atoms with E-state index < -0.39 is 0 Å². The van der Waals surface area contributed by atoms with Crippen molar-refractivity contribution < 1.29 is 9.21 Å². The van der Waals surface area contributed by atoms with Crippen molar-refractivity contribution in [1.29, 1.82) is 0 Å². The molecule has 0 bridgehead atoms. The Kier molecular flexibility index (Phi) is 4.60. The zero-order valence-corrected chi connectivity index (χ0v) is 13.5. The Morgan fingerprint density at radius 2 is 2.05 bits per heavy atom. The number of carbonyl (C=O) groups is 1. The molecule has 5 heteroatoms. The normalized spacial score (nSPS) is 17.1. The van der Waals surface area contributed by atoms with E-state index in [0.29, 0.717) is 5.56 Å². The van der Waals surface area contributed by atoms with Gasteiger partial charge in [-0.2, -0.15) is 0 Å². The van der Waals surface area contributed by atoms with Gasteiger partial charge in [0.2, 0.25) is 0 Å². The van der Waals surface area contributed by atoms with Crippen molar-refractivity contribution in [2.75, 3.05) is 38.1 Å². The number of hydrogen-bond donors (Lipinski definition) is 0. The topological polar surface area (TPSA) is 36.7 Å². The Labute approximate surface area is 132 Å². The van der Waals surface area contributed by atoms with Crippen molar-refractivity contribution in [1.82, 2.24) is 9.80 Å². The van der Waals surface area contributed by atoms with Crippen LogP contribution in [0.5, 0.6) is 0 Å². The highest BCUT2D eigenvalue weighted by atomic mass is 79.9. The number of benzene rings is 1. The summed E-state index contributed by atoms with van der Waals surface area (Å²) < 4.78 is 5.49. The fourth-order valence-electron chi connectivity index (χ4n) is 2.83. The van der Waals surface area contributed by atoms with Gasteiger partial charge in [0.1, 0.15) is 11.8 Å². The Morgan fingerprint density at radius 1 is 1.19 bits per heavy atom. The molecule has 1 aliphatic heterocycles. The summed E-state index contributed by atoms with van der Waals surface area (Å²) in [6.45, 7) is 4.63. The van der Waals surface area contributed by atoms with E-state index in [2.05, 4.69) is 20.8 Å². The molecule has 1 saturated heterocycles. The van der Waals surface area contributed by atoms with E-state index in [0.717, 1.165) is 55.4 Å². The molecule has 3 rings (SSSR count). The lowest BCUT2D eigenvalue weighted by Gasteiger charge is -2.21. The SMILES string of the molecule is O=C(c1coc2ccccc12)N1CCCN(CCBr)CC1. The summed E-state index contributed by atoms with van der Waals surface area (Å²) in [5, 5.41) is 1.89. The minimum atomic E-state index is 0.0839. The van der Waals surface area contributed by atoms with E-state index >= 15 is 0 Å². The lowest BCUT2D eigenvalue weighted by atomic mass is 10.1. The van der Waals surface area contributed by atoms with Crippen LogP contribution in [0.1, 0.15) is 16.8 Å². The van der Waals surface area contributed by atoms with Crippen LogP contribution in [-0.4, -0.2) is 53.8 Å². The molecule has 0 spiro atoms. The van der Waals surface area contributed by atoms with Gasteiger partial charge in [-0.15, -0.1) is 0 Å². The third kappa shape index (κ3) is 3.14.